The Morgan fingerprint density at radius 2 is 1.62 bits per heavy atom. The molecule has 1 atom stereocenters. The van der Waals surface area contributed by atoms with Crippen molar-refractivity contribution in [3.05, 3.63) is 107 Å². The summed E-state index contributed by atoms with van der Waals surface area (Å²) in [6.45, 7) is 0.599. The number of rotatable bonds is 7. The maximum atomic E-state index is 10.8. The minimum Gasteiger partial charge on any atom is -0.490 e. The van der Waals surface area contributed by atoms with Crippen LogP contribution in [0, 0.1) is 0 Å². The highest BCUT2D eigenvalue weighted by Gasteiger charge is 2.16. The number of aromatic nitrogens is 2. The maximum absolute atomic E-state index is 10.8. The molecule has 1 N–H and O–H groups in total. The second-order valence-corrected chi connectivity index (χ2v) is 8.65. The lowest BCUT2D eigenvalue weighted by Crippen LogP contribution is -2.24. The number of aliphatic hydroxyl groups excluding tert-OH is 1. The van der Waals surface area contributed by atoms with Crippen molar-refractivity contribution < 1.29 is 9.84 Å². The van der Waals surface area contributed by atoms with Crippen LogP contribution in [0.2, 0.25) is 0 Å². The Kier molecular flexibility index (Phi) is 5.93. The van der Waals surface area contributed by atoms with Crippen molar-refractivity contribution >= 4 is 37.7 Å². The molecule has 0 spiro atoms. The first-order valence-corrected chi connectivity index (χ1v) is 11.4. The highest BCUT2D eigenvalue weighted by atomic mass is 79.9. The molecule has 0 aliphatic rings. The van der Waals surface area contributed by atoms with Crippen molar-refractivity contribution in [2.24, 2.45) is 0 Å². The molecule has 32 heavy (non-hydrogen) atoms. The largest absolute Gasteiger partial charge is 0.490 e. The molecule has 0 saturated heterocycles. The Morgan fingerprint density at radius 3 is 2.50 bits per heavy atom. The van der Waals surface area contributed by atoms with Gasteiger partial charge in [-0.3, -0.25) is 0 Å². The fourth-order valence-electron chi connectivity index (χ4n) is 4.02. The number of aliphatic hydroxyl groups is 1. The Balaban J connectivity index is 1.36. The van der Waals surface area contributed by atoms with Crippen LogP contribution in [-0.2, 0) is 13.0 Å². The molecule has 0 aliphatic carbocycles. The highest BCUT2D eigenvalue weighted by molar-refractivity contribution is 9.10. The molecule has 1 heterocycles. The quantitative estimate of drug-likeness (QED) is 0.307. The van der Waals surface area contributed by atoms with E-state index >= 15 is 0 Å². The molecule has 5 heteroatoms. The maximum Gasteiger partial charge on any atom is 0.134 e. The Hall–Kier alpha value is -3.15. The van der Waals surface area contributed by atoms with E-state index in [1.165, 1.54) is 5.56 Å². The van der Waals surface area contributed by atoms with Gasteiger partial charge in [-0.1, -0.05) is 72.8 Å². The van der Waals surface area contributed by atoms with Gasteiger partial charge in [-0.25, -0.2) is 4.98 Å². The van der Waals surface area contributed by atoms with Crippen molar-refractivity contribution in [1.29, 1.82) is 0 Å². The summed E-state index contributed by atoms with van der Waals surface area (Å²) in [5.74, 6) is 1.66. The minimum absolute atomic E-state index is 0.189. The molecule has 5 aromatic rings. The topological polar surface area (TPSA) is 47.3 Å². The van der Waals surface area contributed by atoms with E-state index in [0.717, 1.165) is 37.9 Å². The predicted molar refractivity (Wildman–Crippen MR) is 132 cm³/mol. The molecule has 4 nitrogen and oxygen atoms in total. The van der Waals surface area contributed by atoms with E-state index in [4.69, 9.17) is 9.72 Å². The van der Waals surface area contributed by atoms with Crippen LogP contribution < -0.4 is 4.74 Å². The third-order valence-corrected chi connectivity index (χ3v) is 6.41. The Labute approximate surface area is 195 Å². The van der Waals surface area contributed by atoms with Crippen LogP contribution in [0.3, 0.4) is 0 Å². The molecule has 1 aromatic heterocycles. The standard InChI is InChI=1S/C27H23BrN2O2/c28-27-22-11-5-4-10-20(22)14-15-25(27)32-18-21(31)17-30-24-13-7-6-12-23(24)29-26(30)16-19-8-2-1-3-9-19/h1-15,21,31H,16-18H2. The van der Waals surface area contributed by atoms with Crippen LogP contribution >= 0.6 is 15.9 Å². The number of hydrogen-bond acceptors (Lipinski definition) is 3. The van der Waals surface area contributed by atoms with E-state index in [9.17, 15) is 5.11 Å². The number of halogens is 1. The highest BCUT2D eigenvalue weighted by Crippen LogP contribution is 2.33. The van der Waals surface area contributed by atoms with Gasteiger partial charge in [0.1, 0.15) is 24.3 Å². The summed E-state index contributed by atoms with van der Waals surface area (Å²) >= 11 is 3.65. The first kappa shape index (κ1) is 20.7. The van der Waals surface area contributed by atoms with Crippen molar-refractivity contribution in [2.45, 2.75) is 19.1 Å². The molecule has 0 amide bonds. The van der Waals surface area contributed by atoms with E-state index in [0.29, 0.717) is 13.0 Å². The first-order valence-electron chi connectivity index (χ1n) is 10.7. The van der Waals surface area contributed by atoms with Crippen LogP contribution in [0.1, 0.15) is 11.4 Å². The lowest BCUT2D eigenvalue weighted by atomic mass is 10.1. The summed E-state index contributed by atoms with van der Waals surface area (Å²) in [6, 6.07) is 30.4. The third-order valence-electron chi connectivity index (χ3n) is 5.59. The molecule has 0 fully saturated rings. The zero-order chi connectivity index (χ0) is 21.9. The molecule has 0 radical (unpaired) electrons. The number of benzene rings is 4. The van der Waals surface area contributed by atoms with Crippen molar-refractivity contribution in [2.75, 3.05) is 6.61 Å². The number of nitrogens with zero attached hydrogens (tertiary/aromatic N) is 2. The molecular weight excluding hydrogens is 464 g/mol. The number of para-hydroxylation sites is 2. The van der Waals surface area contributed by atoms with Gasteiger partial charge in [0, 0.05) is 6.42 Å². The molecule has 1 unspecified atom stereocenters. The Morgan fingerprint density at radius 1 is 0.875 bits per heavy atom. The van der Waals surface area contributed by atoms with Crippen LogP contribution in [0.15, 0.2) is 95.5 Å². The third kappa shape index (κ3) is 4.27. The molecule has 0 bridgehead atoms. The lowest BCUT2D eigenvalue weighted by Gasteiger charge is -2.17. The van der Waals surface area contributed by atoms with Crippen molar-refractivity contribution in [1.82, 2.24) is 9.55 Å². The predicted octanol–water partition coefficient (Wildman–Crippen LogP) is 5.98. The number of ether oxygens (including phenoxy) is 1. The fraction of sp³-hybridized carbons (Fsp3) is 0.148. The normalized spacial score (nSPS) is 12.3. The van der Waals surface area contributed by atoms with Gasteiger partial charge in [-0.2, -0.15) is 0 Å². The summed E-state index contributed by atoms with van der Waals surface area (Å²) in [5.41, 5.74) is 3.14. The molecule has 5 rings (SSSR count). The summed E-state index contributed by atoms with van der Waals surface area (Å²) in [6.07, 6.45) is 0.0276. The smallest absolute Gasteiger partial charge is 0.134 e. The van der Waals surface area contributed by atoms with Crippen molar-refractivity contribution in [3.63, 3.8) is 0 Å². The number of imidazole rings is 1. The van der Waals surface area contributed by atoms with E-state index in [1.54, 1.807) is 0 Å². The number of hydrogen-bond donors (Lipinski definition) is 1. The molecule has 160 valence electrons. The molecular formula is C27H23BrN2O2. The van der Waals surface area contributed by atoms with E-state index in [1.807, 2.05) is 66.7 Å². The summed E-state index contributed by atoms with van der Waals surface area (Å²) in [4.78, 5) is 4.83. The average molecular weight is 487 g/mol. The second kappa shape index (κ2) is 9.15. The number of fused-ring (bicyclic) bond motifs is 2. The van der Waals surface area contributed by atoms with Crippen molar-refractivity contribution in [3.8, 4) is 5.75 Å². The first-order chi connectivity index (χ1) is 15.7. The SMILES string of the molecule is OC(COc1ccc2ccccc2c1Br)Cn1c(Cc2ccccc2)nc2ccccc21. The monoisotopic (exact) mass is 486 g/mol. The summed E-state index contributed by atoms with van der Waals surface area (Å²) < 4.78 is 9.00. The van der Waals surface area contributed by atoms with Gasteiger partial charge in [0.25, 0.3) is 0 Å². The lowest BCUT2D eigenvalue weighted by molar-refractivity contribution is 0.0925. The van der Waals surface area contributed by atoms with Crippen LogP contribution in [0.4, 0.5) is 0 Å². The molecule has 4 aromatic carbocycles. The van der Waals surface area contributed by atoms with Crippen LogP contribution in [0.25, 0.3) is 21.8 Å². The van der Waals surface area contributed by atoms with Gasteiger partial charge >= 0.3 is 0 Å². The summed E-state index contributed by atoms with van der Waals surface area (Å²) in [5, 5.41) is 13.1. The zero-order valence-electron chi connectivity index (χ0n) is 17.5. The second-order valence-electron chi connectivity index (χ2n) is 7.85. The van der Waals surface area contributed by atoms with Crippen LogP contribution in [0.5, 0.6) is 5.75 Å². The van der Waals surface area contributed by atoms with Gasteiger partial charge in [0.2, 0.25) is 0 Å². The summed E-state index contributed by atoms with van der Waals surface area (Å²) in [7, 11) is 0. The minimum atomic E-state index is -0.680. The zero-order valence-corrected chi connectivity index (χ0v) is 19.1. The Bertz CT molecular complexity index is 1360. The average Bonchev–Trinajstić information content (AvgIpc) is 3.16. The van der Waals surface area contributed by atoms with Gasteiger partial charge in [-0.05, 0) is 50.5 Å². The molecule has 0 aliphatic heterocycles. The van der Waals surface area contributed by atoms with Gasteiger partial charge in [0.05, 0.1) is 22.1 Å². The van der Waals surface area contributed by atoms with E-state index < -0.39 is 6.10 Å². The molecule has 0 saturated carbocycles. The van der Waals surface area contributed by atoms with Gasteiger partial charge in [-0.15, -0.1) is 0 Å². The van der Waals surface area contributed by atoms with Gasteiger partial charge in [0.15, 0.2) is 0 Å². The van der Waals surface area contributed by atoms with E-state index in [-0.39, 0.29) is 6.61 Å². The fourth-order valence-corrected chi connectivity index (χ4v) is 4.62. The van der Waals surface area contributed by atoms with E-state index in [2.05, 4.69) is 44.8 Å². The van der Waals surface area contributed by atoms with Gasteiger partial charge < -0.3 is 14.4 Å². The van der Waals surface area contributed by atoms with Crippen LogP contribution in [-0.4, -0.2) is 27.4 Å².